The lowest BCUT2D eigenvalue weighted by Crippen LogP contribution is -2.30. The van der Waals surface area contributed by atoms with Gasteiger partial charge in [-0.1, -0.05) is 0 Å². The fourth-order valence-corrected chi connectivity index (χ4v) is 4.18. The summed E-state index contributed by atoms with van der Waals surface area (Å²) in [6, 6.07) is 4.81. The molecule has 1 aromatic heterocycles. The molecule has 0 radical (unpaired) electrons. The third-order valence-corrected chi connectivity index (χ3v) is 5.84. The molecular weight excluding hydrogens is 396 g/mol. The second-order valence-corrected chi connectivity index (χ2v) is 7.27. The molecule has 9 heteroatoms. The fraction of sp³-hybridized carbons (Fsp3) is 0.350. The van der Waals surface area contributed by atoms with Crippen LogP contribution in [0.25, 0.3) is 0 Å². The fourth-order valence-electron chi connectivity index (χ4n) is 3.02. The average Bonchev–Trinajstić information content (AvgIpc) is 3.31. The van der Waals surface area contributed by atoms with Crippen molar-refractivity contribution < 1.29 is 28.6 Å². The molecule has 0 bridgehead atoms. The highest BCUT2D eigenvalue weighted by atomic mass is 32.1. The van der Waals surface area contributed by atoms with Gasteiger partial charge in [-0.05, 0) is 44.5 Å². The molecule has 1 N–H and O–H groups in total. The maximum Gasteiger partial charge on any atom is 0.341 e. The molecule has 0 aliphatic carbocycles. The summed E-state index contributed by atoms with van der Waals surface area (Å²) in [5, 5.41) is 3.01. The first-order valence-corrected chi connectivity index (χ1v) is 9.94. The number of rotatable bonds is 6. The summed E-state index contributed by atoms with van der Waals surface area (Å²) in [6.45, 7) is 6.63. The van der Waals surface area contributed by atoms with Gasteiger partial charge < -0.3 is 24.4 Å². The van der Waals surface area contributed by atoms with Crippen LogP contribution in [0, 0.1) is 6.92 Å². The smallest absolute Gasteiger partial charge is 0.341 e. The molecule has 0 saturated carbocycles. The largest absolute Gasteiger partial charge is 0.465 e. The number of anilines is 1. The van der Waals surface area contributed by atoms with Crippen LogP contribution < -0.4 is 14.8 Å². The summed E-state index contributed by atoms with van der Waals surface area (Å²) >= 11 is 1.07. The van der Waals surface area contributed by atoms with Crippen LogP contribution in [-0.2, 0) is 4.74 Å². The van der Waals surface area contributed by atoms with Gasteiger partial charge in [0.2, 0.25) is 6.79 Å². The molecule has 2 amide bonds. The first kappa shape index (κ1) is 20.7. The first-order chi connectivity index (χ1) is 13.9. The third-order valence-electron chi connectivity index (χ3n) is 4.64. The van der Waals surface area contributed by atoms with E-state index in [1.807, 2.05) is 13.8 Å². The Hall–Kier alpha value is -3.07. The Morgan fingerprint density at radius 3 is 2.52 bits per heavy atom. The maximum absolute atomic E-state index is 12.8. The molecule has 0 unspecified atom stereocenters. The van der Waals surface area contributed by atoms with Gasteiger partial charge in [0.15, 0.2) is 11.5 Å². The van der Waals surface area contributed by atoms with Gasteiger partial charge >= 0.3 is 5.97 Å². The van der Waals surface area contributed by atoms with E-state index in [1.54, 1.807) is 30.0 Å². The topological polar surface area (TPSA) is 94.2 Å². The Labute approximate surface area is 172 Å². The summed E-state index contributed by atoms with van der Waals surface area (Å²) in [5.74, 6) is -0.192. The molecule has 1 aliphatic rings. The van der Waals surface area contributed by atoms with Crippen LogP contribution >= 0.6 is 11.3 Å². The molecule has 1 aromatic carbocycles. The van der Waals surface area contributed by atoms with Gasteiger partial charge in [-0.3, -0.25) is 9.59 Å². The summed E-state index contributed by atoms with van der Waals surface area (Å²) < 4.78 is 15.4. The Balaban J connectivity index is 1.95. The summed E-state index contributed by atoms with van der Waals surface area (Å²) in [7, 11) is 1.26. The normalized spacial score (nSPS) is 11.9. The number of methoxy groups -OCH3 is 1. The standard InChI is InChI=1S/C20H22N2O6S/c1-5-22(6-2)19(24)16-11(3)15(20(25)26-4)18(29-16)21-17(23)12-7-8-13-14(9-12)28-10-27-13/h7-9H,5-6,10H2,1-4H3,(H,21,23). The molecular formula is C20H22N2O6S. The number of benzene rings is 1. The van der Waals surface area contributed by atoms with Crippen LogP contribution in [0.4, 0.5) is 5.00 Å². The quantitative estimate of drug-likeness (QED) is 0.724. The van der Waals surface area contributed by atoms with Crippen molar-refractivity contribution in [1.82, 2.24) is 4.90 Å². The van der Waals surface area contributed by atoms with Gasteiger partial charge in [-0.15, -0.1) is 11.3 Å². The monoisotopic (exact) mass is 418 g/mol. The zero-order valence-corrected chi connectivity index (χ0v) is 17.5. The van der Waals surface area contributed by atoms with Gasteiger partial charge in [0, 0.05) is 18.7 Å². The van der Waals surface area contributed by atoms with E-state index in [2.05, 4.69) is 5.32 Å². The summed E-state index contributed by atoms with van der Waals surface area (Å²) in [5.41, 5.74) is 1.01. The lowest BCUT2D eigenvalue weighted by atomic mass is 10.1. The molecule has 0 atom stereocenters. The van der Waals surface area contributed by atoms with E-state index in [1.165, 1.54) is 7.11 Å². The van der Waals surface area contributed by atoms with Crippen LogP contribution in [-0.4, -0.2) is 49.7 Å². The Morgan fingerprint density at radius 2 is 1.86 bits per heavy atom. The average molecular weight is 418 g/mol. The number of carbonyl (C=O) groups excluding carboxylic acids is 3. The number of ether oxygens (including phenoxy) is 3. The van der Waals surface area contributed by atoms with Crippen molar-refractivity contribution in [3.8, 4) is 11.5 Å². The second kappa shape index (κ2) is 8.52. The predicted octanol–water partition coefficient (Wildman–Crippen LogP) is 3.31. The number of nitrogens with zero attached hydrogens (tertiary/aromatic N) is 1. The second-order valence-electron chi connectivity index (χ2n) is 6.25. The molecule has 2 heterocycles. The van der Waals surface area contributed by atoms with Crippen molar-refractivity contribution >= 4 is 34.1 Å². The number of hydrogen-bond donors (Lipinski definition) is 1. The molecule has 0 spiro atoms. The number of amides is 2. The highest BCUT2D eigenvalue weighted by Gasteiger charge is 2.28. The Morgan fingerprint density at radius 1 is 1.17 bits per heavy atom. The minimum absolute atomic E-state index is 0.105. The van der Waals surface area contributed by atoms with Crippen molar-refractivity contribution in [3.63, 3.8) is 0 Å². The first-order valence-electron chi connectivity index (χ1n) is 9.13. The van der Waals surface area contributed by atoms with Crippen molar-refractivity contribution in [2.75, 3.05) is 32.3 Å². The molecule has 29 heavy (non-hydrogen) atoms. The lowest BCUT2D eigenvalue weighted by Gasteiger charge is -2.17. The minimum atomic E-state index is -0.613. The third kappa shape index (κ3) is 3.91. The van der Waals surface area contributed by atoms with E-state index >= 15 is 0 Å². The van der Waals surface area contributed by atoms with Crippen LogP contribution in [0.2, 0.25) is 0 Å². The summed E-state index contributed by atoms with van der Waals surface area (Å²) in [4.78, 5) is 40.0. The van der Waals surface area contributed by atoms with E-state index < -0.39 is 11.9 Å². The zero-order chi connectivity index (χ0) is 21.1. The van der Waals surface area contributed by atoms with Crippen LogP contribution in [0.5, 0.6) is 11.5 Å². The van der Waals surface area contributed by atoms with Gasteiger partial charge in [0.25, 0.3) is 11.8 Å². The van der Waals surface area contributed by atoms with Gasteiger partial charge in [-0.2, -0.15) is 0 Å². The molecule has 1 aliphatic heterocycles. The molecule has 154 valence electrons. The van der Waals surface area contributed by atoms with Crippen LogP contribution in [0.15, 0.2) is 18.2 Å². The number of nitrogens with one attached hydrogen (secondary N) is 1. The molecule has 0 fully saturated rings. The highest BCUT2D eigenvalue weighted by Crippen LogP contribution is 2.36. The molecule has 2 aromatic rings. The number of esters is 1. The number of thiophene rings is 1. The van der Waals surface area contributed by atoms with Gasteiger partial charge in [0.05, 0.1) is 17.6 Å². The molecule has 8 nitrogen and oxygen atoms in total. The van der Waals surface area contributed by atoms with Gasteiger partial charge in [0.1, 0.15) is 5.00 Å². The van der Waals surface area contributed by atoms with Crippen molar-refractivity contribution in [3.05, 3.63) is 39.8 Å². The van der Waals surface area contributed by atoms with E-state index in [-0.39, 0.29) is 23.3 Å². The molecule has 0 saturated heterocycles. The predicted molar refractivity (Wildman–Crippen MR) is 108 cm³/mol. The highest BCUT2D eigenvalue weighted by molar-refractivity contribution is 7.18. The van der Waals surface area contributed by atoms with E-state index in [4.69, 9.17) is 14.2 Å². The lowest BCUT2D eigenvalue weighted by molar-refractivity contribution is 0.0601. The number of carbonyl (C=O) groups is 3. The Bertz CT molecular complexity index is 964. The van der Waals surface area contributed by atoms with Crippen molar-refractivity contribution in [2.45, 2.75) is 20.8 Å². The van der Waals surface area contributed by atoms with E-state index in [0.29, 0.717) is 40.6 Å². The Kier molecular flexibility index (Phi) is 6.07. The van der Waals surface area contributed by atoms with E-state index in [9.17, 15) is 14.4 Å². The van der Waals surface area contributed by atoms with Crippen LogP contribution in [0.1, 0.15) is 49.8 Å². The van der Waals surface area contributed by atoms with Crippen molar-refractivity contribution in [1.29, 1.82) is 0 Å². The number of hydrogen-bond acceptors (Lipinski definition) is 7. The van der Waals surface area contributed by atoms with Crippen LogP contribution in [0.3, 0.4) is 0 Å². The van der Waals surface area contributed by atoms with Gasteiger partial charge in [-0.25, -0.2) is 4.79 Å². The maximum atomic E-state index is 12.8. The molecule has 3 rings (SSSR count). The summed E-state index contributed by atoms with van der Waals surface area (Å²) in [6.07, 6.45) is 0. The minimum Gasteiger partial charge on any atom is -0.465 e. The number of fused-ring (bicyclic) bond motifs is 1. The zero-order valence-electron chi connectivity index (χ0n) is 16.7. The van der Waals surface area contributed by atoms with Crippen molar-refractivity contribution in [2.24, 2.45) is 0 Å². The SMILES string of the molecule is CCN(CC)C(=O)c1sc(NC(=O)c2ccc3c(c2)OCO3)c(C(=O)OC)c1C. The van der Waals surface area contributed by atoms with E-state index in [0.717, 1.165) is 11.3 Å².